The van der Waals surface area contributed by atoms with E-state index in [9.17, 15) is 19.2 Å². The van der Waals surface area contributed by atoms with E-state index >= 15 is 0 Å². The standard InChI is InChI=1S/C26H27N3O6/c30-23-10-9-21(24(31)28-23)29-14-19-8-5-17(12-20(19)25(29)32)13-27-26(33)35-15-16-3-6-18(7-4-16)22-2-1-11-34-22/h3-8,12,21-22H,1-2,9-11,13-15H2,(H,27,33)(H,28,30,31). The van der Waals surface area contributed by atoms with E-state index in [4.69, 9.17) is 9.47 Å². The first-order chi connectivity index (χ1) is 17.0. The number of hydrogen-bond acceptors (Lipinski definition) is 6. The van der Waals surface area contributed by atoms with Crippen LogP contribution in [0.5, 0.6) is 0 Å². The summed E-state index contributed by atoms with van der Waals surface area (Å²) in [7, 11) is 0. The molecule has 3 aliphatic rings. The Labute approximate surface area is 202 Å². The quantitative estimate of drug-likeness (QED) is 0.619. The van der Waals surface area contributed by atoms with Crippen LogP contribution < -0.4 is 10.6 Å². The Balaban J connectivity index is 1.12. The molecule has 0 spiro atoms. The minimum Gasteiger partial charge on any atom is -0.445 e. The number of carbonyl (C=O) groups is 4. The van der Waals surface area contributed by atoms with E-state index in [0.717, 1.165) is 41.7 Å². The predicted octanol–water partition coefficient (Wildman–Crippen LogP) is 2.73. The number of hydrogen-bond donors (Lipinski definition) is 2. The molecule has 0 aliphatic carbocycles. The van der Waals surface area contributed by atoms with Crippen LogP contribution in [0.4, 0.5) is 4.79 Å². The molecule has 35 heavy (non-hydrogen) atoms. The Kier molecular flexibility index (Phi) is 6.50. The number of rotatable bonds is 6. The molecule has 182 valence electrons. The van der Waals surface area contributed by atoms with Gasteiger partial charge in [0, 0.05) is 31.7 Å². The molecule has 0 aromatic heterocycles. The van der Waals surface area contributed by atoms with E-state index in [2.05, 4.69) is 10.6 Å². The number of ether oxygens (including phenoxy) is 2. The van der Waals surface area contributed by atoms with Gasteiger partial charge in [0.1, 0.15) is 12.6 Å². The number of nitrogens with zero attached hydrogens (tertiary/aromatic N) is 1. The first kappa shape index (κ1) is 23.0. The average Bonchev–Trinajstić information content (AvgIpc) is 3.51. The van der Waals surface area contributed by atoms with Crippen molar-refractivity contribution in [2.75, 3.05) is 6.61 Å². The second-order valence-electron chi connectivity index (χ2n) is 9.06. The third kappa shape index (κ3) is 5.05. The van der Waals surface area contributed by atoms with Gasteiger partial charge in [0.25, 0.3) is 5.91 Å². The normalized spacial score (nSPS) is 21.6. The summed E-state index contributed by atoms with van der Waals surface area (Å²) in [6.45, 7) is 1.48. The zero-order chi connectivity index (χ0) is 24.4. The molecule has 2 N–H and O–H groups in total. The lowest BCUT2D eigenvalue weighted by atomic mass is 10.0. The number of nitrogens with one attached hydrogen (secondary N) is 2. The van der Waals surface area contributed by atoms with Crippen molar-refractivity contribution in [2.45, 2.75) is 57.5 Å². The first-order valence-electron chi connectivity index (χ1n) is 11.9. The molecule has 2 aromatic carbocycles. The highest BCUT2D eigenvalue weighted by Gasteiger charge is 2.39. The highest BCUT2D eigenvalue weighted by atomic mass is 16.5. The van der Waals surface area contributed by atoms with Gasteiger partial charge >= 0.3 is 6.09 Å². The molecule has 0 radical (unpaired) electrons. The van der Waals surface area contributed by atoms with Crippen LogP contribution in [0.25, 0.3) is 0 Å². The Morgan fingerprint density at radius 1 is 1.09 bits per heavy atom. The number of amides is 4. The van der Waals surface area contributed by atoms with Crippen molar-refractivity contribution in [1.82, 2.24) is 15.5 Å². The molecule has 2 atom stereocenters. The van der Waals surface area contributed by atoms with E-state index in [0.29, 0.717) is 18.5 Å². The van der Waals surface area contributed by atoms with Crippen molar-refractivity contribution in [3.8, 4) is 0 Å². The summed E-state index contributed by atoms with van der Waals surface area (Å²) in [5.74, 6) is -0.995. The molecule has 3 aliphatic heterocycles. The summed E-state index contributed by atoms with van der Waals surface area (Å²) in [6, 6.07) is 12.6. The van der Waals surface area contributed by atoms with Gasteiger partial charge in [-0.25, -0.2) is 4.79 Å². The molecule has 5 rings (SSSR count). The van der Waals surface area contributed by atoms with Crippen molar-refractivity contribution in [3.63, 3.8) is 0 Å². The van der Waals surface area contributed by atoms with Gasteiger partial charge < -0.3 is 19.7 Å². The molecule has 2 aromatic rings. The Bertz CT molecular complexity index is 1160. The second-order valence-corrected chi connectivity index (χ2v) is 9.06. The number of carbonyl (C=O) groups excluding carboxylic acids is 4. The topological polar surface area (TPSA) is 114 Å². The van der Waals surface area contributed by atoms with Gasteiger partial charge in [-0.05, 0) is 47.6 Å². The molecular weight excluding hydrogens is 450 g/mol. The molecule has 0 bridgehead atoms. The Morgan fingerprint density at radius 2 is 1.89 bits per heavy atom. The number of alkyl carbamates (subject to hydrolysis) is 1. The Hall–Kier alpha value is -3.72. The number of piperidine rings is 1. The van der Waals surface area contributed by atoms with Crippen LogP contribution in [0.1, 0.15) is 64.4 Å². The summed E-state index contributed by atoms with van der Waals surface area (Å²) < 4.78 is 11.0. The maximum absolute atomic E-state index is 12.9. The van der Waals surface area contributed by atoms with Crippen molar-refractivity contribution in [3.05, 3.63) is 70.3 Å². The van der Waals surface area contributed by atoms with Gasteiger partial charge in [-0.3, -0.25) is 19.7 Å². The smallest absolute Gasteiger partial charge is 0.407 e. The fourth-order valence-corrected chi connectivity index (χ4v) is 4.76. The van der Waals surface area contributed by atoms with E-state index < -0.39 is 18.0 Å². The van der Waals surface area contributed by atoms with Crippen LogP contribution in [-0.4, -0.2) is 41.4 Å². The third-order valence-corrected chi connectivity index (χ3v) is 6.68. The van der Waals surface area contributed by atoms with Crippen LogP contribution in [0.3, 0.4) is 0 Å². The highest BCUT2D eigenvalue weighted by molar-refractivity contribution is 6.05. The lowest BCUT2D eigenvalue weighted by Crippen LogP contribution is -2.52. The second kappa shape index (κ2) is 9.87. The highest BCUT2D eigenvalue weighted by Crippen LogP contribution is 2.29. The summed E-state index contributed by atoms with van der Waals surface area (Å²) in [4.78, 5) is 50.2. The minimum absolute atomic E-state index is 0.154. The van der Waals surface area contributed by atoms with Gasteiger partial charge in [0.15, 0.2) is 0 Å². The molecule has 9 heteroatoms. The number of imide groups is 1. The van der Waals surface area contributed by atoms with Gasteiger partial charge in [0.05, 0.1) is 6.10 Å². The fraction of sp³-hybridized carbons (Fsp3) is 0.385. The average molecular weight is 478 g/mol. The SMILES string of the molecule is O=C1CCC(N2Cc3ccc(CNC(=O)OCc4ccc(C5CCCO5)cc4)cc3C2=O)C(=O)N1. The van der Waals surface area contributed by atoms with Crippen LogP contribution in [0.2, 0.25) is 0 Å². The van der Waals surface area contributed by atoms with Crippen LogP contribution >= 0.6 is 0 Å². The van der Waals surface area contributed by atoms with E-state index in [-0.39, 0.29) is 37.5 Å². The molecule has 3 heterocycles. The van der Waals surface area contributed by atoms with E-state index in [1.54, 1.807) is 6.07 Å². The monoisotopic (exact) mass is 477 g/mol. The summed E-state index contributed by atoms with van der Waals surface area (Å²) in [5, 5.41) is 5.01. The molecule has 4 amide bonds. The fourth-order valence-electron chi connectivity index (χ4n) is 4.76. The molecule has 2 saturated heterocycles. The van der Waals surface area contributed by atoms with Gasteiger partial charge in [0.2, 0.25) is 11.8 Å². The van der Waals surface area contributed by atoms with Crippen molar-refractivity contribution in [1.29, 1.82) is 0 Å². The zero-order valence-electron chi connectivity index (χ0n) is 19.2. The van der Waals surface area contributed by atoms with Crippen LogP contribution in [0, 0.1) is 0 Å². The maximum Gasteiger partial charge on any atom is 0.407 e. The summed E-state index contributed by atoms with van der Waals surface area (Å²) in [5.41, 5.74) is 4.10. The summed E-state index contributed by atoms with van der Waals surface area (Å²) >= 11 is 0. The maximum atomic E-state index is 12.9. The zero-order valence-corrected chi connectivity index (χ0v) is 19.2. The third-order valence-electron chi connectivity index (χ3n) is 6.68. The van der Waals surface area contributed by atoms with Crippen LogP contribution in [0.15, 0.2) is 42.5 Å². The summed E-state index contributed by atoms with van der Waals surface area (Å²) in [6.07, 6.45) is 2.25. The molecule has 2 unspecified atom stereocenters. The van der Waals surface area contributed by atoms with Crippen molar-refractivity contribution in [2.24, 2.45) is 0 Å². The number of benzene rings is 2. The minimum atomic E-state index is -0.649. The van der Waals surface area contributed by atoms with Crippen molar-refractivity contribution < 1.29 is 28.7 Å². The molecule has 9 nitrogen and oxygen atoms in total. The van der Waals surface area contributed by atoms with Gasteiger partial charge in [-0.1, -0.05) is 36.4 Å². The number of fused-ring (bicyclic) bond motifs is 1. The van der Waals surface area contributed by atoms with E-state index in [1.165, 1.54) is 4.90 Å². The Morgan fingerprint density at radius 3 is 2.63 bits per heavy atom. The largest absolute Gasteiger partial charge is 0.445 e. The van der Waals surface area contributed by atoms with E-state index in [1.807, 2.05) is 36.4 Å². The lowest BCUT2D eigenvalue weighted by Gasteiger charge is -2.29. The molecule has 0 saturated carbocycles. The lowest BCUT2D eigenvalue weighted by molar-refractivity contribution is -0.136. The predicted molar refractivity (Wildman–Crippen MR) is 124 cm³/mol. The van der Waals surface area contributed by atoms with Gasteiger partial charge in [-0.2, -0.15) is 0 Å². The first-order valence-corrected chi connectivity index (χ1v) is 11.9. The van der Waals surface area contributed by atoms with Crippen LogP contribution in [-0.2, 0) is 38.8 Å². The van der Waals surface area contributed by atoms with Crippen molar-refractivity contribution >= 4 is 23.8 Å². The molecule has 2 fully saturated rings. The molecular formula is C26H27N3O6. The van der Waals surface area contributed by atoms with Gasteiger partial charge in [-0.15, -0.1) is 0 Å².